The number of β-lactam (4-membered cyclic amide) rings is 1. The summed E-state index contributed by atoms with van der Waals surface area (Å²) < 4.78 is 0. The molecule has 1 saturated heterocycles. The highest BCUT2D eigenvalue weighted by molar-refractivity contribution is 5.87. The van der Waals surface area contributed by atoms with Crippen LogP contribution in [0.5, 0.6) is 0 Å². The van der Waals surface area contributed by atoms with Crippen LogP contribution in [0, 0.1) is 29.6 Å². The van der Waals surface area contributed by atoms with Crippen molar-refractivity contribution < 1.29 is 4.79 Å². The summed E-state index contributed by atoms with van der Waals surface area (Å²) >= 11 is 0. The molecule has 0 spiro atoms. The first-order valence-corrected chi connectivity index (χ1v) is 4.85. The number of allylic oxidation sites excluding steroid dienone is 1. The van der Waals surface area contributed by atoms with E-state index in [0.29, 0.717) is 29.7 Å². The minimum atomic E-state index is 0.310. The lowest BCUT2D eigenvalue weighted by Gasteiger charge is -2.50. The molecule has 4 aliphatic carbocycles. The second-order valence-electron chi connectivity index (χ2n) is 4.66. The van der Waals surface area contributed by atoms with Gasteiger partial charge in [-0.25, -0.2) is 0 Å². The topological polar surface area (TPSA) is 29.1 Å². The minimum absolute atomic E-state index is 0.310. The summed E-state index contributed by atoms with van der Waals surface area (Å²) in [7, 11) is 0. The van der Waals surface area contributed by atoms with E-state index in [-0.39, 0.29) is 0 Å². The Balaban J connectivity index is 1.85. The van der Waals surface area contributed by atoms with Gasteiger partial charge in [-0.15, -0.1) is 0 Å². The van der Waals surface area contributed by atoms with Crippen LogP contribution in [-0.4, -0.2) is 11.9 Å². The molecular weight excluding hydrogens is 150 g/mol. The average Bonchev–Trinajstić information content (AvgIpc) is 2.81. The quantitative estimate of drug-likeness (QED) is 0.408. The van der Waals surface area contributed by atoms with Gasteiger partial charge in [0.2, 0.25) is 5.91 Å². The molecule has 12 heavy (non-hydrogen) atoms. The van der Waals surface area contributed by atoms with Crippen molar-refractivity contribution in [2.45, 2.75) is 12.5 Å². The fraction of sp³-hybridized carbons (Fsp3) is 0.700. The zero-order chi connectivity index (χ0) is 7.87. The number of carbonyl (C=O) groups excluding carboxylic acids is 1. The molecule has 1 N–H and O–H groups in total. The smallest absolute Gasteiger partial charge is 0.226 e. The molecule has 2 nitrogen and oxygen atoms in total. The van der Waals surface area contributed by atoms with Crippen molar-refractivity contribution >= 4 is 5.91 Å². The summed E-state index contributed by atoms with van der Waals surface area (Å²) in [5.41, 5.74) is 0. The first-order valence-electron chi connectivity index (χ1n) is 4.85. The van der Waals surface area contributed by atoms with Crippen LogP contribution < -0.4 is 5.32 Å². The van der Waals surface area contributed by atoms with Gasteiger partial charge in [0.05, 0.1) is 5.92 Å². The highest BCUT2D eigenvalue weighted by Gasteiger charge is 2.64. The Labute approximate surface area is 71.0 Å². The van der Waals surface area contributed by atoms with Crippen LogP contribution in [-0.2, 0) is 4.79 Å². The number of rotatable bonds is 0. The van der Waals surface area contributed by atoms with E-state index in [1.54, 1.807) is 0 Å². The average molecular weight is 161 g/mol. The molecule has 0 aromatic carbocycles. The number of nitrogens with one attached hydrogen (secondary N) is 1. The fourth-order valence-corrected chi connectivity index (χ4v) is 3.60. The van der Waals surface area contributed by atoms with Crippen molar-refractivity contribution in [3.8, 4) is 0 Å². The Kier molecular flexibility index (Phi) is 0.713. The van der Waals surface area contributed by atoms with E-state index >= 15 is 0 Å². The summed E-state index contributed by atoms with van der Waals surface area (Å²) in [6, 6.07) is 0.524. The van der Waals surface area contributed by atoms with Crippen LogP contribution in [0.1, 0.15) is 6.42 Å². The standard InChI is InChI=1S/C10H11NO/c12-10-8-4-1-2-5(9(8)11-10)7-3-6(4)7/h1-2,4-9H,3H2,(H,11,12)/t4-,5-,6-,7-,8+,9+/m0/s1. The van der Waals surface area contributed by atoms with E-state index in [1.807, 2.05) is 0 Å². The molecule has 1 amide bonds. The van der Waals surface area contributed by atoms with Crippen LogP contribution in [0.15, 0.2) is 12.2 Å². The number of hydrogen-bond donors (Lipinski definition) is 1. The SMILES string of the molecule is O=C1N[C@@H]2[C@H]3C=C[C@@H]([C@@H]4C[C@@H]34)[C@@H]12. The summed E-state index contributed by atoms with van der Waals surface area (Å²) in [4.78, 5) is 11.3. The maximum atomic E-state index is 11.3. The van der Waals surface area contributed by atoms with Crippen LogP contribution in [0.2, 0.25) is 0 Å². The molecule has 2 saturated carbocycles. The van der Waals surface area contributed by atoms with Crippen molar-refractivity contribution in [2.24, 2.45) is 29.6 Å². The molecule has 0 radical (unpaired) electrons. The number of carbonyl (C=O) groups is 1. The summed E-state index contributed by atoms with van der Waals surface area (Å²) in [6.07, 6.45) is 6.03. The molecule has 6 atom stereocenters. The Morgan fingerprint density at radius 1 is 1.25 bits per heavy atom. The second kappa shape index (κ2) is 1.48. The molecule has 2 heteroatoms. The molecule has 0 aromatic rings. The van der Waals surface area contributed by atoms with Crippen molar-refractivity contribution in [1.29, 1.82) is 0 Å². The van der Waals surface area contributed by atoms with Gasteiger partial charge in [-0.1, -0.05) is 12.2 Å². The van der Waals surface area contributed by atoms with E-state index in [1.165, 1.54) is 6.42 Å². The molecule has 3 fully saturated rings. The first kappa shape index (κ1) is 5.79. The maximum absolute atomic E-state index is 11.3. The first-order chi connectivity index (χ1) is 5.86. The predicted octanol–water partition coefficient (Wildman–Crippen LogP) is 0.553. The highest BCUT2D eigenvalue weighted by Crippen LogP contribution is 2.63. The lowest BCUT2D eigenvalue weighted by atomic mass is 9.62. The van der Waals surface area contributed by atoms with Gasteiger partial charge in [0.25, 0.3) is 0 Å². The Morgan fingerprint density at radius 3 is 2.83 bits per heavy atom. The van der Waals surface area contributed by atoms with Crippen LogP contribution >= 0.6 is 0 Å². The van der Waals surface area contributed by atoms with Gasteiger partial charge < -0.3 is 5.32 Å². The molecular formula is C10H11NO. The second-order valence-corrected chi connectivity index (χ2v) is 4.66. The van der Waals surface area contributed by atoms with Gasteiger partial charge in [0.1, 0.15) is 0 Å². The van der Waals surface area contributed by atoms with E-state index < -0.39 is 0 Å². The van der Waals surface area contributed by atoms with E-state index in [2.05, 4.69) is 17.5 Å². The third-order valence-electron chi connectivity index (χ3n) is 4.26. The summed E-state index contributed by atoms with van der Waals surface area (Å²) in [5.74, 6) is 3.80. The van der Waals surface area contributed by atoms with Gasteiger partial charge in [0.15, 0.2) is 0 Å². The normalized spacial score (nSPS) is 63.2. The molecule has 5 rings (SSSR count). The monoisotopic (exact) mass is 161 g/mol. The van der Waals surface area contributed by atoms with E-state index in [9.17, 15) is 4.79 Å². The van der Waals surface area contributed by atoms with Crippen LogP contribution in [0.4, 0.5) is 0 Å². The van der Waals surface area contributed by atoms with Gasteiger partial charge in [0, 0.05) is 12.0 Å². The third kappa shape index (κ3) is 0.425. The van der Waals surface area contributed by atoms with E-state index in [4.69, 9.17) is 0 Å². The number of hydrogen-bond acceptors (Lipinski definition) is 1. The van der Waals surface area contributed by atoms with Crippen LogP contribution in [0.25, 0.3) is 0 Å². The fourth-order valence-electron chi connectivity index (χ4n) is 3.60. The van der Waals surface area contributed by atoms with Gasteiger partial charge >= 0.3 is 0 Å². The molecule has 1 heterocycles. The Hall–Kier alpha value is -0.790. The van der Waals surface area contributed by atoms with Gasteiger partial charge in [-0.3, -0.25) is 4.79 Å². The largest absolute Gasteiger partial charge is 0.352 e. The minimum Gasteiger partial charge on any atom is -0.352 e. The summed E-state index contributed by atoms with van der Waals surface area (Å²) in [6.45, 7) is 0. The summed E-state index contributed by atoms with van der Waals surface area (Å²) in [5, 5.41) is 3.04. The molecule has 5 aliphatic rings. The highest BCUT2D eigenvalue weighted by atomic mass is 16.2. The van der Waals surface area contributed by atoms with Crippen molar-refractivity contribution in [2.75, 3.05) is 0 Å². The molecule has 1 aliphatic heterocycles. The predicted molar refractivity (Wildman–Crippen MR) is 43.1 cm³/mol. The van der Waals surface area contributed by atoms with Crippen molar-refractivity contribution in [3.63, 3.8) is 0 Å². The Morgan fingerprint density at radius 2 is 2.00 bits per heavy atom. The lowest BCUT2D eigenvalue weighted by Crippen LogP contribution is -2.67. The third-order valence-corrected chi connectivity index (χ3v) is 4.26. The zero-order valence-electron chi connectivity index (χ0n) is 6.73. The molecule has 2 bridgehead atoms. The molecule has 0 unspecified atom stereocenters. The van der Waals surface area contributed by atoms with Gasteiger partial charge in [-0.2, -0.15) is 0 Å². The molecule has 62 valence electrons. The maximum Gasteiger partial charge on any atom is 0.226 e. The lowest BCUT2D eigenvalue weighted by molar-refractivity contribution is -0.142. The van der Waals surface area contributed by atoms with E-state index in [0.717, 1.165) is 11.8 Å². The number of amides is 1. The Bertz CT molecular complexity index is 309. The van der Waals surface area contributed by atoms with Crippen LogP contribution in [0.3, 0.4) is 0 Å². The molecule has 0 aromatic heterocycles. The van der Waals surface area contributed by atoms with Crippen molar-refractivity contribution in [3.05, 3.63) is 12.2 Å². The van der Waals surface area contributed by atoms with Crippen molar-refractivity contribution in [1.82, 2.24) is 5.32 Å². The van der Waals surface area contributed by atoms with Gasteiger partial charge in [-0.05, 0) is 24.2 Å². The zero-order valence-corrected chi connectivity index (χ0v) is 6.73.